The molecule has 7 nitrogen and oxygen atoms in total. The zero-order valence-electron chi connectivity index (χ0n) is 17.9. The molecule has 1 amide bonds. The van der Waals surface area contributed by atoms with Gasteiger partial charge in [0.05, 0.1) is 12.6 Å². The van der Waals surface area contributed by atoms with Gasteiger partial charge in [-0.3, -0.25) is 4.79 Å². The van der Waals surface area contributed by atoms with E-state index in [0.717, 1.165) is 5.56 Å². The van der Waals surface area contributed by atoms with Crippen molar-refractivity contribution in [3.8, 4) is 17.6 Å². The number of benzene rings is 3. The van der Waals surface area contributed by atoms with Crippen molar-refractivity contribution >= 4 is 23.6 Å². The SMILES string of the molecule is CCOc1ccc(NC(=O)/C(C#N)=C\c2ccc(OCc3ccc(C(=O)[O-])cc3)cc2)cc1. The monoisotopic (exact) mass is 441 g/mol. The number of rotatable bonds is 9. The average Bonchev–Trinajstić information content (AvgIpc) is 2.83. The summed E-state index contributed by atoms with van der Waals surface area (Å²) < 4.78 is 11.1. The number of aromatic carboxylic acids is 1. The molecule has 0 spiro atoms. The molecular weight excluding hydrogens is 420 g/mol. The van der Waals surface area contributed by atoms with Crippen molar-refractivity contribution < 1.29 is 24.2 Å². The smallest absolute Gasteiger partial charge is 0.266 e. The van der Waals surface area contributed by atoms with Crippen molar-refractivity contribution in [1.29, 1.82) is 5.26 Å². The van der Waals surface area contributed by atoms with E-state index in [9.17, 15) is 20.0 Å². The lowest BCUT2D eigenvalue weighted by atomic mass is 10.1. The topological polar surface area (TPSA) is 111 Å². The van der Waals surface area contributed by atoms with Crippen molar-refractivity contribution in [3.63, 3.8) is 0 Å². The minimum absolute atomic E-state index is 0.0365. The Bertz CT molecular complexity index is 1180. The highest BCUT2D eigenvalue weighted by Gasteiger charge is 2.10. The molecular formula is C26H21N2O5-. The van der Waals surface area contributed by atoms with Crippen LogP contribution >= 0.6 is 0 Å². The van der Waals surface area contributed by atoms with Crippen LogP contribution in [0.4, 0.5) is 5.69 Å². The summed E-state index contributed by atoms with van der Waals surface area (Å²) in [5.74, 6) is -0.449. The molecule has 3 rings (SSSR count). The fraction of sp³-hybridized carbons (Fsp3) is 0.115. The number of ether oxygens (including phenoxy) is 2. The van der Waals surface area contributed by atoms with Crippen LogP contribution in [0.5, 0.6) is 11.5 Å². The fourth-order valence-corrected chi connectivity index (χ4v) is 2.88. The van der Waals surface area contributed by atoms with Crippen LogP contribution in [-0.2, 0) is 11.4 Å². The Labute approximate surface area is 191 Å². The van der Waals surface area contributed by atoms with Gasteiger partial charge in [-0.05, 0) is 66.1 Å². The molecule has 0 saturated carbocycles. The van der Waals surface area contributed by atoms with Crippen molar-refractivity contribution in [2.24, 2.45) is 0 Å². The highest BCUT2D eigenvalue weighted by molar-refractivity contribution is 6.09. The lowest BCUT2D eigenvalue weighted by Gasteiger charge is -2.08. The Hall–Kier alpha value is -4.57. The molecule has 1 N–H and O–H groups in total. The molecule has 0 saturated heterocycles. The first-order chi connectivity index (χ1) is 16.0. The lowest BCUT2D eigenvalue weighted by Crippen LogP contribution is -2.22. The van der Waals surface area contributed by atoms with Gasteiger partial charge in [-0.25, -0.2) is 0 Å². The second-order valence-electron chi connectivity index (χ2n) is 6.92. The molecule has 7 heteroatoms. The van der Waals surface area contributed by atoms with Gasteiger partial charge < -0.3 is 24.7 Å². The van der Waals surface area contributed by atoms with E-state index in [4.69, 9.17) is 9.47 Å². The van der Waals surface area contributed by atoms with Crippen LogP contribution in [0, 0.1) is 11.3 Å². The summed E-state index contributed by atoms with van der Waals surface area (Å²) in [6.45, 7) is 2.70. The summed E-state index contributed by atoms with van der Waals surface area (Å²) in [5, 5.41) is 22.9. The number of nitrogens with one attached hydrogen (secondary N) is 1. The van der Waals surface area contributed by atoms with E-state index in [1.807, 2.05) is 13.0 Å². The molecule has 0 aliphatic rings. The second-order valence-corrected chi connectivity index (χ2v) is 6.92. The van der Waals surface area contributed by atoms with Gasteiger partial charge in [0, 0.05) is 5.69 Å². The van der Waals surface area contributed by atoms with Crippen molar-refractivity contribution in [2.45, 2.75) is 13.5 Å². The van der Waals surface area contributed by atoms with Gasteiger partial charge in [-0.15, -0.1) is 0 Å². The molecule has 0 aliphatic heterocycles. The highest BCUT2D eigenvalue weighted by atomic mass is 16.5. The third-order valence-electron chi connectivity index (χ3n) is 4.57. The number of hydrogen-bond donors (Lipinski definition) is 1. The summed E-state index contributed by atoms with van der Waals surface area (Å²) >= 11 is 0. The van der Waals surface area contributed by atoms with Crippen LogP contribution < -0.4 is 19.9 Å². The summed E-state index contributed by atoms with van der Waals surface area (Å²) in [6, 6.07) is 22.0. The Balaban J connectivity index is 1.59. The maximum absolute atomic E-state index is 12.5. The number of nitriles is 1. The van der Waals surface area contributed by atoms with Crippen LogP contribution in [-0.4, -0.2) is 18.5 Å². The van der Waals surface area contributed by atoms with E-state index in [-0.39, 0.29) is 17.7 Å². The maximum atomic E-state index is 12.5. The minimum Gasteiger partial charge on any atom is -0.545 e. The Morgan fingerprint density at radius 2 is 1.55 bits per heavy atom. The number of hydrogen-bond acceptors (Lipinski definition) is 6. The van der Waals surface area contributed by atoms with Crippen LogP contribution in [0.25, 0.3) is 6.08 Å². The van der Waals surface area contributed by atoms with Gasteiger partial charge in [0.1, 0.15) is 29.7 Å². The van der Waals surface area contributed by atoms with Crippen LogP contribution in [0.1, 0.15) is 28.4 Å². The Morgan fingerprint density at radius 3 is 2.12 bits per heavy atom. The first kappa shape index (κ1) is 23.1. The molecule has 0 aliphatic carbocycles. The number of amides is 1. The third kappa shape index (κ3) is 6.71. The third-order valence-corrected chi connectivity index (χ3v) is 4.57. The molecule has 0 bridgehead atoms. The first-order valence-corrected chi connectivity index (χ1v) is 10.2. The quantitative estimate of drug-likeness (QED) is 0.401. The van der Waals surface area contributed by atoms with Crippen molar-refractivity contribution in [3.05, 3.63) is 95.1 Å². The summed E-state index contributed by atoms with van der Waals surface area (Å²) in [5.41, 5.74) is 2.10. The van der Waals surface area contributed by atoms with E-state index in [2.05, 4.69) is 5.32 Å². The maximum Gasteiger partial charge on any atom is 0.266 e. The molecule has 3 aromatic carbocycles. The number of nitrogens with zero attached hydrogens (tertiary/aromatic N) is 1. The van der Waals surface area contributed by atoms with Gasteiger partial charge in [0.25, 0.3) is 5.91 Å². The Kier molecular flexibility index (Phi) is 7.81. The van der Waals surface area contributed by atoms with E-state index in [1.165, 1.54) is 18.2 Å². The predicted octanol–water partition coefficient (Wildman–Crippen LogP) is 3.57. The first-order valence-electron chi connectivity index (χ1n) is 10.2. The van der Waals surface area contributed by atoms with Crippen LogP contribution in [0.15, 0.2) is 78.4 Å². The summed E-state index contributed by atoms with van der Waals surface area (Å²) in [4.78, 5) is 23.2. The van der Waals surface area contributed by atoms with Gasteiger partial charge in [-0.1, -0.05) is 36.4 Å². The predicted molar refractivity (Wildman–Crippen MR) is 121 cm³/mol. The largest absolute Gasteiger partial charge is 0.545 e. The Morgan fingerprint density at radius 1 is 0.939 bits per heavy atom. The highest BCUT2D eigenvalue weighted by Crippen LogP contribution is 2.19. The molecule has 33 heavy (non-hydrogen) atoms. The summed E-state index contributed by atoms with van der Waals surface area (Å²) in [6.07, 6.45) is 1.49. The zero-order chi connectivity index (χ0) is 23.6. The number of carboxylic acid groups (broad SMARTS) is 1. The molecule has 0 aromatic heterocycles. The van der Waals surface area contributed by atoms with Gasteiger partial charge in [0.15, 0.2) is 0 Å². The fourth-order valence-electron chi connectivity index (χ4n) is 2.88. The van der Waals surface area contributed by atoms with Crippen LogP contribution in [0.2, 0.25) is 0 Å². The summed E-state index contributed by atoms with van der Waals surface area (Å²) in [7, 11) is 0. The second kappa shape index (κ2) is 11.2. The minimum atomic E-state index is -1.23. The van der Waals surface area contributed by atoms with Gasteiger partial charge >= 0.3 is 0 Å². The van der Waals surface area contributed by atoms with E-state index in [0.29, 0.717) is 29.4 Å². The van der Waals surface area contributed by atoms with Gasteiger partial charge in [0.2, 0.25) is 0 Å². The normalized spacial score (nSPS) is 10.7. The zero-order valence-corrected chi connectivity index (χ0v) is 17.9. The average molecular weight is 441 g/mol. The lowest BCUT2D eigenvalue weighted by molar-refractivity contribution is -0.255. The van der Waals surface area contributed by atoms with Crippen molar-refractivity contribution in [1.82, 2.24) is 0 Å². The van der Waals surface area contributed by atoms with Gasteiger partial charge in [-0.2, -0.15) is 5.26 Å². The number of carboxylic acids is 1. The van der Waals surface area contributed by atoms with E-state index < -0.39 is 11.9 Å². The van der Waals surface area contributed by atoms with Crippen molar-refractivity contribution in [2.75, 3.05) is 11.9 Å². The van der Waals surface area contributed by atoms with E-state index in [1.54, 1.807) is 60.7 Å². The molecule has 166 valence electrons. The number of carbonyl (C=O) groups excluding carboxylic acids is 2. The number of anilines is 1. The molecule has 0 atom stereocenters. The van der Waals surface area contributed by atoms with Crippen LogP contribution in [0.3, 0.4) is 0 Å². The molecule has 3 aromatic rings. The standard InChI is InChI=1S/C26H22N2O5/c1-2-32-23-13-9-22(10-14-23)28-25(29)21(16-27)15-18-5-11-24(12-6-18)33-17-19-3-7-20(8-4-19)26(30)31/h3-15H,2,17H2,1H3,(H,28,29)(H,30,31)/p-1/b21-15-. The molecule has 0 radical (unpaired) electrons. The number of carbonyl (C=O) groups is 2. The van der Waals surface area contributed by atoms with E-state index >= 15 is 0 Å². The molecule has 0 fully saturated rings. The molecule has 0 heterocycles. The molecule has 0 unspecified atom stereocenters.